The number of pyridine rings is 1. The fourth-order valence-electron chi connectivity index (χ4n) is 4.99. The minimum atomic E-state index is -1.00. The van der Waals surface area contributed by atoms with Crippen molar-refractivity contribution in [3.63, 3.8) is 0 Å². The molecule has 2 N–H and O–H groups in total. The van der Waals surface area contributed by atoms with Crippen LogP contribution in [0.5, 0.6) is 0 Å². The lowest BCUT2D eigenvalue weighted by atomic mass is 9.79. The number of hydrogen-bond acceptors (Lipinski definition) is 5. The maximum absolute atomic E-state index is 14.4. The second-order valence-corrected chi connectivity index (χ2v) is 9.51. The molecule has 1 fully saturated rings. The largest absolute Gasteiger partial charge is 0.479 e. The summed E-state index contributed by atoms with van der Waals surface area (Å²) in [6.45, 7) is 4.00. The average Bonchev–Trinajstić information content (AvgIpc) is 3.41. The summed E-state index contributed by atoms with van der Waals surface area (Å²) in [4.78, 5) is 16.3. The number of halogens is 2. The van der Waals surface area contributed by atoms with Gasteiger partial charge in [0, 0.05) is 46.2 Å². The highest BCUT2D eigenvalue weighted by molar-refractivity contribution is 5.94. The van der Waals surface area contributed by atoms with Gasteiger partial charge in [-0.25, -0.2) is 18.6 Å². The topological polar surface area (TPSA) is 117 Å². The molecule has 0 radical (unpaired) electrons. The van der Waals surface area contributed by atoms with Crippen LogP contribution in [0.4, 0.5) is 8.78 Å². The zero-order chi connectivity index (χ0) is 24.9. The number of H-pyrrole nitrogens is 1. The van der Waals surface area contributed by atoms with Crippen LogP contribution in [-0.4, -0.2) is 43.5 Å². The van der Waals surface area contributed by atoms with Crippen molar-refractivity contribution in [2.45, 2.75) is 50.5 Å². The van der Waals surface area contributed by atoms with E-state index in [4.69, 9.17) is 9.72 Å². The van der Waals surface area contributed by atoms with Crippen molar-refractivity contribution in [2.24, 2.45) is 0 Å². The molecule has 1 aliphatic heterocycles. The van der Waals surface area contributed by atoms with E-state index in [1.807, 2.05) is 24.5 Å². The number of rotatable bonds is 5. The van der Waals surface area contributed by atoms with E-state index in [1.165, 1.54) is 6.07 Å². The molecule has 4 aromatic rings. The summed E-state index contributed by atoms with van der Waals surface area (Å²) in [6.07, 6.45) is 1.76. The normalized spacial score (nSPS) is 18.7. The summed E-state index contributed by atoms with van der Waals surface area (Å²) in [6, 6.07) is 7.80. The van der Waals surface area contributed by atoms with E-state index in [0.717, 1.165) is 28.8 Å². The number of hydrogen-bond donors (Lipinski definition) is 2. The number of carboxylic acids is 1. The Labute approximate surface area is 199 Å². The molecule has 180 valence electrons. The number of aromatic nitrogens is 4. The predicted molar refractivity (Wildman–Crippen MR) is 123 cm³/mol. The summed E-state index contributed by atoms with van der Waals surface area (Å²) in [5.74, 6) is -3.16. The smallest absolute Gasteiger partial charge is 0.332 e. The highest BCUT2D eigenvalue weighted by Gasteiger charge is 2.38. The fraction of sp³-hybridized carbons (Fsp3) is 0.360. The van der Waals surface area contributed by atoms with Gasteiger partial charge in [0.25, 0.3) is 0 Å². The monoisotopic (exact) mass is 479 g/mol. The zero-order valence-electron chi connectivity index (χ0n) is 19.2. The summed E-state index contributed by atoms with van der Waals surface area (Å²) < 4.78 is 35.7. The fourth-order valence-corrected chi connectivity index (χ4v) is 4.99. The van der Waals surface area contributed by atoms with Gasteiger partial charge in [0.15, 0.2) is 23.4 Å². The Bertz CT molecular complexity index is 1490. The van der Waals surface area contributed by atoms with Crippen molar-refractivity contribution in [3.05, 3.63) is 53.4 Å². The van der Waals surface area contributed by atoms with Crippen LogP contribution in [-0.2, 0) is 14.9 Å². The van der Waals surface area contributed by atoms with Gasteiger partial charge in [0.05, 0.1) is 29.9 Å². The van der Waals surface area contributed by atoms with Gasteiger partial charge in [-0.3, -0.25) is 5.10 Å². The standard InChI is InChI=1S/C25H23F2N5O3/c1-25(2,7-8-28)22-20(13-3-6-19(24(33)34)35-12-13)21-18(9-14-11-29-31-23(14)30-21)32(22)15-4-5-16(26)17(27)10-15/h4-5,9-11,13,19H,3,6-7,12H2,1-2H3,(H,33,34)(H,29,30,31)/t13-,19+/m1/s1. The third kappa shape index (κ3) is 3.82. The molecule has 0 unspecified atom stereocenters. The second kappa shape index (κ2) is 8.43. The molecule has 4 heterocycles. The van der Waals surface area contributed by atoms with Crippen LogP contribution in [0.3, 0.4) is 0 Å². The van der Waals surface area contributed by atoms with E-state index in [9.17, 15) is 23.9 Å². The van der Waals surface area contributed by atoms with Crippen molar-refractivity contribution >= 4 is 28.0 Å². The molecule has 3 aromatic heterocycles. The van der Waals surface area contributed by atoms with Gasteiger partial charge >= 0.3 is 5.97 Å². The molecule has 5 rings (SSSR count). The van der Waals surface area contributed by atoms with Crippen molar-refractivity contribution in [2.75, 3.05) is 6.61 Å². The van der Waals surface area contributed by atoms with Crippen molar-refractivity contribution < 1.29 is 23.4 Å². The van der Waals surface area contributed by atoms with Crippen LogP contribution in [0.1, 0.15) is 50.3 Å². The number of nitrogens with zero attached hydrogens (tertiary/aromatic N) is 4. The van der Waals surface area contributed by atoms with E-state index in [-0.39, 0.29) is 18.9 Å². The first-order valence-electron chi connectivity index (χ1n) is 11.3. The van der Waals surface area contributed by atoms with E-state index >= 15 is 0 Å². The molecule has 0 spiro atoms. The zero-order valence-corrected chi connectivity index (χ0v) is 19.2. The third-order valence-corrected chi connectivity index (χ3v) is 6.66. The minimum absolute atomic E-state index is 0.157. The highest BCUT2D eigenvalue weighted by atomic mass is 19.2. The van der Waals surface area contributed by atoms with E-state index in [1.54, 1.807) is 6.20 Å². The Hall–Kier alpha value is -3.84. The van der Waals surface area contributed by atoms with Gasteiger partial charge in [0.2, 0.25) is 0 Å². The molecule has 2 atom stereocenters. The van der Waals surface area contributed by atoms with Gasteiger partial charge in [-0.05, 0) is 31.0 Å². The molecule has 8 nitrogen and oxygen atoms in total. The maximum Gasteiger partial charge on any atom is 0.332 e. The quantitative estimate of drug-likeness (QED) is 0.428. The van der Waals surface area contributed by atoms with E-state index < -0.39 is 29.1 Å². The number of carbonyl (C=O) groups is 1. The Morgan fingerprint density at radius 2 is 2.11 bits per heavy atom. The minimum Gasteiger partial charge on any atom is -0.479 e. The lowest BCUT2D eigenvalue weighted by molar-refractivity contribution is -0.153. The maximum atomic E-state index is 14.4. The average molecular weight is 479 g/mol. The molecule has 0 bridgehead atoms. The Morgan fingerprint density at radius 3 is 2.77 bits per heavy atom. The lowest BCUT2D eigenvalue weighted by Gasteiger charge is -2.31. The molecule has 1 aromatic carbocycles. The molecule has 1 aliphatic rings. The molecule has 0 saturated carbocycles. The number of ether oxygens (including phenoxy) is 1. The number of aliphatic carboxylic acids is 1. The van der Waals surface area contributed by atoms with Gasteiger partial charge in [-0.15, -0.1) is 0 Å². The van der Waals surface area contributed by atoms with Crippen LogP contribution in [0.25, 0.3) is 27.8 Å². The van der Waals surface area contributed by atoms with Gasteiger partial charge in [0.1, 0.15) is 0 Å². The predicted octanol–water partition coefficient (Wildman–Crippen LogP) is 4.72. The van der Waals surface area contributed by atoms with Crippen molar-refractivity contribution in [3.8, 4) is 11.8 Å². The summed E-state index contributed by atoms with van der Waals surface area (Å²) >= 11 is 0. The molecular formula is C25H23F2N5O3. The molecule has 35 heavy (non-hydrogen) atoms. The van der Waals surface area contributed by atoms with E-state index in [2.05, 4.69) is 16.3 Å². The number of nitriles is 1. The molecule has 10 heteroatoms. The lowest BCUT2D eigenvalue weighted by Crippen LogP contribution is -2.32. The Morgan fingerprint density at radius 1 is 1.31 bits per heavy atom. The van der Waals surface area contributed by atoms with Crippen LogP contribution in [0, 0.1) is 23.0 Å². The first-order chi connectivity index (χ1) is 16.7. The molecule has 0 amide bonds. The van der Waals surface area contributed by atoms with Gasteiger partial charge in [-0.2, -0.15) is 10.4 Å². The molecular weight excluding hydrogens is 456 g/mol. The van der Waals surface area contributed by atoms with E-state index in [0.29, 0.717) is 35.2 Å². The number of aromatic amines is 1. The number of nitrogens with one attached hydrogen (secondary N) is 1. The summed E-state index contributed by atoms with van der Waals surface area (Å²) in [5, 5.41) is 26.6. The number of fused-ring (bicyclic) bond motifs is 2. The van der Waals surface area contributed by atoms with Crippen LogP contribution < -0.4 is 0 Å². The van der Waals surface area contributed by atoms with Crippen molar-refractivity contribution in [1.82, 2.24) is 19.7 Å². The number of carboxylic acid groups (broad SMARTS) is 1. The third-order valence-electron chi connectivity index (χ3n) is 6.66. The van der Waals surface area contributed by atoms with Crippen LogP contribution >= 0.6 is 0 Å². The van der Waals surface area contributed by atoms with Crippen molar-refractivity contribution in [1.29, 1.82) is 5.26 Å². The first-order valence-corrected chi connectivity index (χ1v) is 11.3. The van der Waals surface area contributed by atoms with Gasteiger partial charge < -0.3 is 14.4 Å². The summed E-state index contributed by atoms with van der Waals surface area (Å²) in [5.41, 5.74) is 3.07. The highest BCUT2D eigenvalue weighted by Crippen LogP contribution is 2.44. The number of benzene rings is 1. The molecule has 1 saturated heterocycles. The molecule has 0 aliphatic carbocycles. The second-order valence-electron chi connectivity index (χ2n) is 9.51. The Kier molecular flexibility index (Phi) is 5.52. The van der Waals surface area contributed by atoms with Crippen LogP contribution in [0.2, 0.25) is 0 Å². The summed E-state index contributed by atoms with van der Waals surface area (Å²) in [7, 11) is 0. The van der Waals surface area contributed by atoms with Gasteiger partial charge in [-0.1, -0.05) is 13.8 Å². The first kappa shape index (κ1) is 22.9. The SMILES string of the molecule is CC(C)(CC#N)c1c([C@@H]2CC[C@@H](C(=O)O)OC2)c2nc3[nH]ncc3cc2n1-c1ccc(F)c(F)c1. The Balaban J connectivity index is 1.84. The van der Waals surface area contributed by atoms with Crippen LogP contribution in [0.15, 0.2) is 30.5 Å².